The Morgan fingerprint density at radius 3 is 1.77 bits per heavy atom. The number of esters is 2. The van der Waals surface area contributed by atoms with Gasteiger partial charge in [-0.25, -0.2) is 0 Å². The topological polar surface area (TPSA) is 52.6 Å². The number of hydrogen-bond donors (Lipinski definition) is 0. The number of fused-ring (bicyclic) bond motifs is 1. The molecular formula is C35H52O4. The Bertz CT molecular complexity index is 1110. The van der Waals surface area contributed by atoms with Gasteiger partial charge < -0.3 is 9.47 Å². The van der Waals surface area contributed by atoms with Crippen LogP contribution in [-0.4, -0.2) is 11.9 Å². The first-order chi connectivity index (χ1) is 18.5. The summed E-state index contributed by atoms with van der Waals surface area (Å²) in [7, 11) is 0. The number of benzene rings is 2. The predicted molar refractivity (Wildman–Crippen MR) is 163 cm³/mol. The molecule has 0 fully saturated rings. The lowest BCUT2D eigenvalue weighted by Gasteiger charge is -2.19. The quantitative estimate of drug-likeness (QED) is 0.122. The van der Waals surface area contributed by atoms with Crippen molar-refractivity contribution in [1.29, 1.82) is 0 Å². The van der Waals surface area contributed by atoms with Crippen molar-refractivity contribution < 1.29 is 19.1 Å². The first-order valence-corrected chi connectivity index (χ1v) is 15.1. The average Bonchev–Trinajstić information content (AvgIpc) is 2.85. The minimum Gasteiger partial charge on any atom is -0.426 e. The Balaban J connectivity index is 1.99. The molecule has 2 rings (SSSR count). The molecule has 2 atom stereocenters. The summed E-state index contributed by atoms with van der Waals surface area (Å²) in [5.74, 6) is 2.79. The van der Waals surface area contributed by atoms with Crippen molar-refractivity contribution in [3.8, 4) is 11.5 Å². The first kappa shape index (κ1) is 32.6. The third-order valence-corrected chi connectivity index (χ3v) is 7.77. The molecule has 2 unspecified atom stereocenters. The third kappa shape index (κ3) is 11.2. The molecule has 0 radical (unpaired) electrons. The zero-order valence-electron chi connectivity index (χ0n) is 25.8. The van der Waals surface area contributed by atoms with Crippen LogP contribution in [0.1, 0.15) is 117 Å². The van der Waals surface area contributed by atoms with E-state index in [9.17, 15) is 9.59 Å². The summed E-state index contributed by atoms with van der Waals surface area (Å²) in [6, 6.07) is 7.61. The molecule has 0 saturated carbocycles. The van der Waals surface area contributed by atoms with Crippen LogP contribution in [0, 0.1) is 24.7 Å². The van der Waals surface area contributed by atoms with Gasteiger partial charge in [-0.2, -0.15) is 0 Å². The molecular weight excluding hydrogens is 484 g/mol. The van der Waals surface area contributed by atoms with E-state index in [0.717, 1.165) is 46.1 Å². The highest BCUT2D eigenvalue weighted by molar-refractivity contribution is 5.98. The monoisotopic (exact) mass is 536 g/mol. The molecule has 0 aliphatic carbocycles. The summed E-state index contributed by atoms with van der Waals surface area (Å²) in [6.45, 7) is 16.4. The van der Waals surface area contributed by atoms with E-state index in [1.165, 1.54) is 70.8 Å². The highest BCUT2D eigenvalue weighted by atomic mass is 16.5. The lowest BCUT2D eigenvalue weighted by molar-refractivity contribution is -0.133. The van der Waals surface area contributed by atoms with Crippen molar-refractivity contribution in [3.05, 3.63) is 47.0 Å². The van der Waals surface area contributed by atoms with Gasteiger partial charge in [-0.1, -0.05) is 109 Å². The molecule has 0 N–H and O–H groups in total. The number of hydrogen-bond acceptors (Lipinski definition) is 4. The molecule has 4 nitrogen and oxygen atoms in total. The van der Waals surface area contributed by atoms with Gasteiger partial charge in [0.1, 0.15) is 11.5 Å². The largest absolute Gasteiger partial charge is 0.426 e. The smallest absolute Gasteiger partial charge is 0.308 e. The molecule has 0 saturated heterocycles. The van der Waals surface area contributed by atoms with E-state index in [2.05, 4.69) is 40.7 Å². The van der Waals surface area contributed by atoms with E-state index in [4.69, 9.17) is 9.47 Å². The lowest BCUT2D eigenvalue weighted by atomic mass is 9.91. The van der Waals surface area contributed by atoms with Crippen molar-refractivity contribution >= 4 is 22.7 Å². The number of rotatable bonds is 16. The molecule has 0 amide bonds. The minimum absolute atomic E-state index is 0.360. The molecule has 39 heavy (non-hydrogen) atoms. The van der Waals surface area contributed by atoms with Crippen LogP contribution in [0.2, 0.25) is 0 Å². The van der Waals surface area contributed by atoms with Crippen LogP contribution in [0.15, 0.2) is 35.9 Å². The van der Waals surface area contributed by atoms with Crippen LogP contribution < -0.4 is 9.47 Å². The molecule has 216 valence electrons. The summed E-state index contributed by atoms with van der Waals surface area (Å²) in [5.41, 5.74) is 3.04. The van der Waals surface area contributed by atoms with E-state index >= 15 is 0 Å². The molecule has 0 aliphatic heterocycles. The second-order valence-corrected chi connectivity index (χ2v) is 12.1. The first-order valence-electron chi connectivity index (χ1n) is 15.1. The van der Waals surface area contributed by atoms with Gasteiger partial charge in [0.25, 0.3) is 0 Å². The van der Waals surface area contributed by atoms with Gasteiger partial charge in [0.15, 0.2) is 0 Å². The molecule has 4 heteroatoms. The molecule has 0 aromatic heterocycles. The Hall–Kier alpha value is -2.62. The van der Waals surface area contributed by atoms with Gasteiger partial charge in [-0.05, 0) is 56.4 Å². The van der Waals surface area contributed by atoms with Crippen molar-refractivity contribution in [2.24, 2.45) is 17.8 Å². The summed E-state index contributed by atoms with van der Waals surface area (Å²) < 4.78 is 11.4. The fraction of sp³-hybridized carbons (Fsp3) is 0.600. The van der Waals surface area contributed by atoms with Gasteiger partial charge in [-0.3, -0.25) is 9.59 Å². The van der Waals surface area contributed by atoms with Crippen LogP contribution >= 0.6 is 0 Å². The van der Waals surface area contributed by atoms with Crippen molar-refractivity contribution in [1.82, 2.24) is 0 Å². The Kier molecular flexibility index (Phi) is 13.8. The van der Waals surface area contributed by atoms with Crippen LogP contribution in [0.25, 0.3) is 10.8 Å². The van der Waals surface area contributed by atoms with Crippen LogP contribution in [0.3, 0.4) is 0 Å². The molecule has 0 aliphatic rings. The van der Waals surface area contributed by atoms with Gasteiger partial charge in [0, 0.05) is 30.2 Å². The van der Waals surface area contributed by atoms with E-state index in [1.54, 1.807) is 0 Å². The molecule has 0 bridgehead atoms. The Morgan fingerprint density at radius 1 is 0.744 bits per heavy atom. The van der Waals surface area contributed by atoms with Crippen molar-refractivity contribution in [2.75, 3.05) is 0 Å². The SMILES string of the molecule is CC(=O)Oc1c(C)c(C/C=C(\C)CCCC(C)CCCC(C)CCCC(C)C)c(OC(C)=O)c2ccccc12. The summed E-state index contributed by atoms with van der Waals surface area (Å²) in [6.07, 6.45) is 14.4. The molecule has 2 aromatic rings. The van der Waals surface area contributed by atoms with Gasteiger partial charge in [0.05, 0.1) is 0 Å². The average molecular weight is 537 g/mol. The lowest BCUT2D eigenvalue weighted by Crippen LogP contribution is -2.09. The highest BCUT2D eigenvalue weighted by Crippen LogP contribution is 2.41. The predicted octanol–water partition coefficient (Wildman–Crippen LogP) is 9.93. The molecule has 0 heterocycles. The normalized spacial score (nSPS) is 13.5. The summed E-state index contributed by atoms with van der Waals surface area (Å²) in [5, 5.41) is 1.54. The third-order valence-electron chi connectivity index (χ3n) is 7.77. The molecule has 2 aromatic carbocycles. The Morgan fingerprint density at radius 2 is 1.23 bits per heavy atom. The van der Waals surface area contributed by atoms with Gasteiger partial charge in [-0.15, -0.1) is 0 Å². The maximum absolute atomic E-state index is 12.0. The maximum Gasteiger partial charge on any atom is 0.308 e. The number of allylic oxidation sites excluding steroid dienone is 2. The van der Waals surface area contributed by atoms with Crippen molar-refractivity contribution in [3.63, 3.8) is 0 Å². The number of carbonyl (C=O) groups excluding carboxylic acids is 2. The maximum atomic E-state index is 12.0. The molecule has 0 spiro atoms. The second-order valence-electron chi connectivity index (χ2n) is 12.1. The second kappa shape index (κ2) is 16.5. The minimum atomic E-state index is -0.365. The van der Waals surface area contributed by atoms with Crippen LogP contribution in [0.5, 0.6) is 11.5 Å². The van der Waals surface area contributed by atoms with Gasteiger partial charge >= 0.3 is 11.9 Å². The highest BCUT2D eigenvalue weighted by Gasteiger charge is 2.20. The summed E-state index contributed by atoms with van der Waals surface area (Å²) in [4.78, 5) is 23.9. The zero-order chi connectivity index (χ0) is 28.9. The van der Waals surface area contributed by atoms with E-state index in [1.807, 2.05) is 31.2 Å². The zero-order valence-corrected chi connectivity index (χ0v) is 25.8. The van der Waals surface area contributed by atoms with E-state index in [0.29, 0.717) is 17.9 Å². The standard InChI is InChI=1S/C35H52O4/c1-24(2)14-11-15-25(3)16-12-17-26(4)18-13-19-27(5)22-23-31-28(6)34(38-29(7)36)32-20-9-10-21-33(32)35(31)39-30(8)37/h9-10,20-22,24-26H,11-19,23H2,1-8H3/b27-22+. The van der Waals surface area contributed by atoms with Crippen LogP contribution in [0.4, 0.5) is 0 Å². The Labute approximate surface area is 237 Å². The number of carbonyl (C=O) groups is 2. The van der Waals surface area contributed by atoms with Gasteiger partial charge in [0.2, 0.25) is 0 Å². The fourth-order valence-corrected chi connectivity index (χ4v) is 5.42. The van der Waals surface area contributed by atoms with E-state index in [-0.39, 0.29) is 11.9 Å². The summed E-state index contributed by atoms with van der Waals surface area (Å²) >= 11 is 0. The van der Waals surface area contributed by atoms with Crippen molar-refractivity contribution in [2.45, 2.75) is 120 Å². The fourth-order valence-electron chi connectivity index (χ4n) is 5.42. The van der Waals surface area contributed by atoms with E-state index < -0.39 is 0 Å². The van der Waals surface area contributed by atoms with Crippen LogP contribution in [-0.2, 0) is 16.0 Å². The number of ether oxygens (including phenoxy) is 2.